The number of rotatable bonds is 13. The van der Waals surface area contributed by atoms with E-state index < -0.39 is 5.60 Å². The Morgan fingerprint density at radius 3 is 1.43 bits per heavy atom. The molecule has 0 atom stereocenters. The predicted molar refractivity (Wildman–Crippen MR) is 165 cm³/mol. The Hall–Kier alpha value is -2.30. The molecule has 0 amide bonds. The smallest absolute Gasteiger partial charge is 0.497 e. The van der Waals surface area contributed by atoms with E-state index in [1.54, 1.807) is 14.2 Å². The quantitative estimate of drug-likeness (QED) is 0.126. The molecule has 2 fully saturated rings. The molecule has 4 nitrogen and oxygen atoms in total. The first kappa shape index (κ1) is 34.2. The van der Waals surface area contributed by atoms with Gasteiger partial charge in [0, 0.05) is 13.2 Å². The van der Waals surface area contributed by atoms with Crippen molar-refractivity contribution in [1.29, 1.82) is 0 Å². The van der Waals surface area contributed by atoms with Crippen LogP contribution < -0.4 is 9.47 Å². The van der Waals surface area contributed by atoms with Crippen LogP contribution in [0.5, 0.6) is 11.5 Å². The van der Waals surface area contributed by atoms with E-state index in [2.05, 4.69) is 87.1 Å². The van der Waals surface area contributed by atoms with Crippen LogP contribution in [0.25, 0.3) is 0 Å². The van der Waals surface area contributed by atoms with E-state index in [1.165, 1.54) is 11.8 Å². The summed E-state index contributed by atoms with van der Waals surface area (Å²) in [5.74, 6) is 4.31. The van der Waals surface area contributed by atoms with Crippen LogP contribution >= 0.6 is 0 Å². The van der Waals surface area contributed by atoms with Crippen LogP contribution in [0, 0.1) is 63.2 Å². The molecule has 0 aliphatic heterocycles. The second kappa shape index (κ2) is 18.4. The number of aliphatic hydroxyl groups is 1. The van der Waals surface area contributed by atoms with Crippen molar-refractivity contribution in [1.82, 2.24) is 0 Å². The minimum Gasteiger partial charge on any atom is -0.497 e. The molecule has 1 N–H and O–H groups in total. The Morgan fingerprint density at radius 1 is 0.571 bits per heavy atom. The molecule has 3 aromatic carbocycles. The zero-order valence-electron chi connectivity index (χ0n) is 24.4. The van der Waals surface area contributed by atoms with Gasteiger partial charge in [0.1, 0.15) is 17.1 Å². The Balaban J connectivity index is 0.000000415. The monoisotopic (exact) mass is 604 g/mol. The van der Waals surface area contributed by atoms with Gasteiger partial charge in [0.15, 0.2) is 0 Å². The van der Waals surface area contributed by atoms with Crippen molar-refractivity contribution < 1.29 is 36.4 Å². The molecule has 10 radical (unpaired) electrons. The first-order chi connectivity index (χ1) is 20.2. The van der Waals surface area contributed by atoms with E-state index in [1.807, 2.05) is 43.2 Å². The van der Waals surface area contributed by atoms with Crippen molar-refractivity contribution in [3.8, 4) is 11.5 Å². The average molecular weight is 605 g/mol. The van der Waals surface area contributed by atoms with E-state index in [0.29, 0.717) is 13.2 Å². The molecule has 2 saturated carbocycles. The topological polar surface area (TPSA) is 47.9 Å². The third-order valence-electron chi connectivity index (χ3n) is 7.19. The van der Waals surface area contributed by atoms with Gasteiger partial charge in [-0.05, 0) is 130 Å². The average Bonchev–Trinajstić information content (AvgIpc) is 3.76. The maximum atomic E-state index is 8.47. The first-order valence-corrected chi connectivity index (χ1v) is 14.2. The summed E-state index contributed by atoms with van der Waals surface area (Å²) in [5.41, 5.74) is 2.46. The van der Waals surface area contributed by atoms with Gasteiger partial charge in [-0.25, -0.2) is 0 Å². The molecule has 0 unspecified atom stereocenters. The minimum atomic E-state index is -0.744. The van der Waals surface area contributed by atoms with E-state index in [9.17, 15) is 0 Å². The molecule has 0 saturated heterocycles. The third kappa shape index (κ3) is 9.35. The number of hydrogen-bond acceptors (Lipinski definition) is 4. The van der Waals surface area contributed by atoms with E-state index >= 15 is 0 Å². The van der Waals surface area contributed by atoms with Crippen LogP contribution in [0.2, 0.25) is 0 Å². The largest absolute Gasteiger partial charge is 2.00 e. The normalized spacial score (nSPS) is 15.5. The molecule has 218 valence electrons. The van der Waals surface area contributed by atoms with Gasteiger partial charge in [-0.2, -0.15) is 0 Å². The first-order valence-electron chi connectivity index (χ1n) is 14.2. The molecule has 0 bridgehead atoms. The van der Waals surface area contributed by atoms with Crippen LogP contribution in [0.3, 0.4) is 0 Å². The van der Waals surface area contributed by atoms with Crippen molar-refractivity contribution >= 4 is 0 Å². The Morgan fingerprint density at radius 2 is 1.00 bits per heavy atom. The van der Waals surface area contributed by atoms with Gasteiger partial charge in [0.2, 0.25) is 0 Å². The van der Waals surface area contributed by atoms with Gasteiger partial charge in [-0.3, -0.25) is 0 Å². The summed E-state index contributed by atoms with van der Waals surface area (Å²) in [7, 11) is 3.37. The Labute approximate surface area is 264 Å². The summed E-state index contributed by atoms with van der Waals surface area (Å²) in [6, 6.07) is 26.7. The molecule has 3 aromatic rings. The summed E-state index contributed by atoms with van der Waals surface area (Å²) in [4.78, 5) is 0. The molecule has 2 aliphatic carbocycles. The van der Waals surface area contributed by atoms with Crippen LogP contribution in [0.1, 0.15) is 42.4 Å². The van der Waals surface area contributed by atoms with Crippen molar-refractivity contribution in [2.45, 2.75) is 31.3 Å². The van der Waals surface area contributed by atoms with Crippen LogP contribution in [0.4, 0.5) is 0 Å². The molecule has 5 rings (SSSR count). The molecule has 2 aliphatic rings. The molecule has 0 heterocycles. The van der Waals surface area contributed by atoms with Gasteiger partial charge in [0.25, 0.3) is 0 Å². The van der Waals surface area contributed by atoms with Crippen molar-refractivity contribution in [2.24, 2.45) is 0 Å². The maximum Gasteiger partial charge on any atom is 2.00 e. The van der Waals surface area contributed by atoms with Gasteiger partial charge < -0.3 is 19.3 Å². The fraction of sp³-hybridized carbons (Fsp3) is 0.243. The maximum absolute atomic E-state index is 8.47. The number of hydrogen-bond donors (Lipinski definition) is 1. The predicted octanol–water partition coefficient (Wildman–Crippen LogP) is 7.36. The number of ether oxygens (including phenoxy) is 3. The standard InChI is InChI=1S/C29H29O3.C8H11O.Fe/c1-30-27-18-14-25(15-19-27)29(24-12-4-3-5-13-24,26-16-20-28(31-2)21-17-26)32-22-8-11-23-9-6-7-10-23;9-7-3-6-8-4-1-2-5-8;/h3-7,9-10,12-21H,8,11,22H2,1-2H3;1-2,4-5,9H,3,6-7H2;/q;;+2. The molecule has 0 spiro atoms. The Kier molecular flexibility index (Phi) is 15.0. The van der Waals surface area contributed by atoms with Gasteiger partial charge in [-0.1, -0.05) is 54.6 Å². The van der Waals surface area contributed by atoms with Gasteiger partial charge in [0.05, 0.1) is 14.2 Å². The molecular weight excluding hydrogens is 564 g/mol. The zero-order chi connectivity index (χ0) is 28.8. The van der Waals surface area contributed by atoms with Crippen LogP contribution in [-0.4, -0.2) is 32.5 Å². The summed E-state index contributed by atoms with van der Waals surface area (Å²) < 4.78 is 17.7. The molecule has 5 heteroatoms. The van der Waals surface area contributed by atoms with Crippen LogP contribution in [0.15, 0.2) is 78.9 Å². The van der Waals surface area contributed by atoms with E-state index in [4.69, 9.17) is 19.3 Å². The minimum absolute atomic E-state index is 0. The zero-order valence-corrected chi connectivity index (χ0v) is 25.5. The number of aliphatic hydroxyl groups excluding tert-OH is 1. The van der Waals surface area contributed by atoms with Crippen molar-refractivity contribution in [2.75, 3.05) is 27.4 Å². The second-order valence-corrected chi connectivity index (χ2v) is 9.87. The molecule has 0 aromatic heterocycles. The molecular formula is C37H40FeO4+2. The second-order valence-electron chi connectivity index (χ2n) is 9.87. The number of benzene rings is 3. The van der Waals surface area contributed by atoms with E-state index in [0.717, 1.165) is 53.9 Å². The van der Waals surface area contributed by atoms with Crippen LogP contribution in [-0.2, 0) is 27.4 Å². The van der Waals surface area contributed by atoms with E-state index in [-0.39, 0.29) is 17.1 Å². The summed E-state index contributed by atoms with van der Waals surface area (Å²) >= 11 is 0. The third-order valence-corrected chi connectivity index (χ3v) is 7.19. The summed E-state index contributed by atoms with van der Waals surface area (Å²) in [6.45, 7) is 0.920. The van der Waals surface area contributed by atoms with Gasteiger partial charge in [-0.15, -0.1) is 0 Å². The van der Waals surface area contributed by atoms with Crippen molar-refractivity contribution in [3.05, 3.63) is 159 Å². The molecule has 42 heavy (non-hydrogen) atoms. The number of methoxy groups -OCH3 is 2. The summed E-state index contributed by atoms with van der Waals surface area (Å²) in [6.07, 6.45) is 20.5. The Bertz CT molecular complexity index is 1060. The fourth-order valence-electron chi connectivity index (χ4n) is 5.02. The summed E-state index contributed by atoms with van der Waals surface area (Å²) in [5, 5.41) is 8.47. The SMILES string of the molecule is COc1ccc(C(OCCC[C]2[CH][CH][CH][CH]2)(c2ccccc2)c2ccc(OC)cc2)cc1.OCCC[C]1[CH][CH][CH][CH]1.[Fe+2]. The fourth-order valence-corrected chi connectivity index (χ4v) is 5.02. The van der Waals surface area contributed by atoms with Crippen molar-refractivity contribution in [3.63, 3.8) is 0 Å². The van der Waals surface area contributed by atoms with Gasteiger partial charge >= 0.3 is 17.1 Å².